The highest BCUT2D eigenvalue weighted by molar-refractivity contribution is 5.99. The number of nitrogens with zero attached hydrogens (tertiary/aromatic N) is 4. The van der Waals surface area contributed by atoms with Crippen LogP contribution >= 0.6 is 0 Å². The maximum Gasteiger partial charge on any atom is 0.255 e. The largest absolute Gasteiger partial charge is 0.339 e. The number of carbonyl (C=O) groups excluding carboxylic acids is 2. The first kappa shape index (κ1) is 16.9. The van der Waals surface area contributed by atoms with Crippen LogP contribution in [-0.2, 0) is 0 Å². The second-order valence-corrected chi connectivity index (χ2v) is 6.76. The molecule has 6 nitrogen and oxygen atoms in total. The Morgan fingerprint density at radius 1 is 0.792 bits per heavy atom. The van der Waals surface area contributed by atoms with Crippen molar-refractivity contribution in [3.05, 3.63) is 29.6 Å². The van der Waals surface area contributed by atoms with Gasteiger partial charge in [0, 0.05) is 51.7 Å². The van der Waals surface area contributed by atoms with Gasteiger partial charge in [0.2, 0.25) is 0 Å². The maximum atomic E-state index is 12.7. The molecule has 2 saturated heterocycles. The molecule has 2 aliphatic heterocycles. The average molecular weight is 330 g/mol. The third kappa shape index (κ3) is 3.93. The van der Waals surface area contributed by atoms with E-state index in [0.717, 1.165) is 52.1 Å². The number of piperazine rings is 1. The lowest BCUT2D eigenvalue weighted by atomic mass is 10.1. The summed E-state index contributed by atoms with van der Waals surface area (Å²) >= 11 is 0. The van der Waals surface area contributed by atoms with E-state index in [-0.39, 0.29) is 11.8 Å². The molecular weight excluding hydrogens is 304 g/mol. The van der Waals surface area contributed by atoms with Crippen molar-refractivity contribution in [2.45, 2.75) is 25.7 Å². The van der Waals surface area contributed by atoms with E-state index in [1.807, 2.05) is 9.80 Å². The van der Waals surface area contributed by atoms with Crippen LogP contribution in [0.2, 0.25) is 0 Å². The summed E-state index contributed by atoms with van der Waals surface area (Å²) in [5, 5.41) is 0. The number of hydrogen-bond acceptors (Lipinski definition) is 4. The number of carbonyl (C=O) groups is 2. The average Bonchev–Trinajstić information content (AvgIpc) is 2.90. The highest BCUT2D eigenvalue weighted by atomic mass is 16.2. The van der Waals surface area contributed by atoms with Crippen LogP contribution < -0.4 is 0 Å². The molecule has 0 bridgehead atoms. The number of rotatable bonds is 2. The standard InChI is InChI=1S/C18H26N4O2/c1-20-8-10-22(11-9-20)18(24)16-12-15(13-19-14-16)17(23)21-6-4-2-3-5-7-21/h12-14H,2-11H2,1H3. The molecule has 0 aliphatic carbocycles. The van der Waals surface area contributed by atoms with Gasteiger partial charge in [-0.05, 0) is 26.0 Å². The van der Waals surface area contributed by atoms with E-state index in [1.54, 1.807) is 18.5 Å². The molecule has 24 heavy (non-hydrogen) atoms. The molecule has 0 unspecified atom stereocenters. The van der Waals surface area contributed by atoms with Gasteiger partial charge in [0.15, 0.2) is 0 Å². The second kappa shape index (κ2) is 7.75. The van der Waals surface area contributed by atoms with Gasteiger partial charge in [-0.2, -0.15) is 0 Å². The Morgan fingerprint density at radius 2 is 1.29 bits per heavy atom. The van der Waals surface area contributed by atoms with Crippen LogP contribution in [0, 0.1) is 0 Å². The van der Waals surface area contributed by atoms with E-state index in [4.69, 9.17) is 0 Å². The van der Waals surface area contributed by atoms with Crippen LogP contribution in [0.5, 0.6) is 0 Å². The minimum Gasteiger partial charge on any atom is -0.339 e. The predicted molar refractivity (Wildman–Crippen MR) is 92.0 cm³/mol. The summed E-state index contributed by atoms with van der Waals surface area (Å²) in [6, 6.07) is 1.71. The number of hydrogen-bond donors (Lipinski definition) is 0. The Bertz CT molecular complexity index is 588. The molecule has 0 aromatic carbocycles. The van der Waals surface area contributed by atoms with Gasteiger partial charge >= 0.3 is 0 Å². The molecule has 0 N–H and O–H groups in total. The van der Waals surface area contributed by atoms with Crippen molar-refractivity contribution in [2.24, 2.45) is 0 Å². The van der Waals surface area contributed by atoms with Crippen molar-refractivity contribution in [3.63, 3.8) is 0 Å². The lowest BCUT2D eigenvalue weighted by molar-refractivity contribution is 0.0663. The molecule has 3 heterocycles. The van der Waals surface area contributed by atoms with Gasteiger partial charge < -0.3 is 14.7 Å². The summed E-state index contributed by atoms with van der Waals surface area (Å²) in [5.74, 6) is -0.0291. The molecule has 130 valence electrons. The minimum atomic E-state index is -0.0267. The first-order valence-electron chi connectivity index (χ1n) is 8.87. The molecule has 0 atom stereocenters. The van der Waals surface area contributed by atoms with E-state index in [0.29, 0.717) is 11.1 Å². The summed E-state index contributed by atoms with van der Waals surface area (Å²) in [5.41, 5.74) is 1.04. The van der Waals surface area contributed by atoms with Crippen molar-refractivity contribution >= 4 is 11.8 Å². The first-order valence-corrected chi connectivity index (χ1v) is 8.87. The van der Waals surface area contributed by atoms with Gasteiger partial charge in [0.25, 0.3) is 11.8 Å². The Hall–Kier alpha value is -1.95. The van der Waals surface area contributed by atoms with Crippen LogP contribution in [0.4, 0.5) is 0 Å². The lowest BCUT2D eigenvalue weighted by Gasteiger charge is -2.32. The Morgan fingerprint density at radius 3 is 1.83 bits per heavy atom. The summed E-state index contributed by atoms with van der Waals surface area (Å²) in [6.07, 6.45) is 7.62. The van der Waals surface area contributed by atoms with E-state index in [2.05, 4.69) is 16.9 Å². The highest BCUT2D eigenvalue weighted by Gasteiger charge is 2.23. The van der Waals surface area contributed by atoms with Crippen molar-refractivity contribution in [3.8, 4) is 0 Å². The zero-order chi connectivity index (χ0) is 16.9. The van der Waals surface area contributed by atoms with Crippen LogP contribution in [-0.4, -0.2) is 77.8 Å². The maximum absolute atomic E-state index is 12.7. The summed E-state index contributed by atoms with van der Waals surface area (Å²) in [4.78, 5) is 35.5. The van der Waals surface area contributed by atoms with Crippen molar-refractivity contribution in [1.29, 1.82) is 0 Å². The molecule has 2 fully saturated rings. The number of amides is 2. The topological polar surface area (TPSA) is 56.8 Å². The number of pyridine rings is 1. The second-order valence-electron chi connectivity index (χ2n) is 6.76. The van der Waals surface area contributed by atoms with E-state index >= 15 is 0 Å². The molecule has 1 aromatic rings. The van der Waals surface area contributed by atoms with E-state index < -0.39 is 0 Å². The van der Waals surface area contributed by atoms with Gasteiger partial charge in [0.05, 0.1) is 11.1 Å². The number of likely N-dealkylation sites (tertiary alicyclic amines) is 1. The molecule has 2 amide bonds. The van der Waals surface area contributed by atoms with Crippen LogP contribution in [0.25, 0.3) is 0 Å². The summed E-state index contributed by atoms with van der Waals surface area (Å²) in [6.45, 7) is 4.81. The highest BCUT2D eigenvalue weighted by Crippen LogP contribution is 2.15. The van der Waals surface area contributed by atoms with Crippen molar-refractivity contribution in [2.75, 3.05) is 46.3 Å². The van der Waals surface area contributed by atoms with Gasteiger partial charge in [0.1, 0.15) is 0 Å². The van der Waals surface area contributed by atoms with Gasteiger partial charge in [-0.1, -0.05) is 12.8 Å². The number of likely N-dealkylation sites (N-methyl/N-ethyl adjacent to an activating group) is 1. The smallest absolute Gasteiger partial charge is 0.255 e. The Balaban J connectivity index is 1.71. The minimum absolute atomic E-state index is 0.00238. The van der Waals surface area contributed by atoms with Crippen LogP contribution in [0.15, 0.2) is 18.5 Å². The van der Waals surface area contributed by atoms with Gasteiger partial charge in [-0.15, -0.1) is 0 Å². The van der Waals surface area contributed by atoms with Crippen LogP contribution in [0.3, 0.4) is 0 Å². The zero-order valence-corrected chi connectivity index (χ0v) is 14.4. The van der Waals surface area contributed by atoms with Crippen molar-refractivity contribution in [1.82, 2.24) is 19.7 Å². The van der Waals surface area contributed by atoms with E-state index in [1.165, 1.54) is 12.8 Å². The fraction of sp³-hybridized carbons (Fsp3) is 0.611. The number of aromatic nitrogens is 1. The first-order chi connectivity index (χ1) is 11.6. The fourth-order valence-corrected chi connectivity index (χ4v) is 3.32. The molecule has 3 rings (SSSR count). The lowest BCUT2D eigenvalue weighted by Crippen LogP contribution is -2.47. The molecule has 0 saturated carbocycles. The predicted octanol–water partition coefficient (Wildman–Crippen LogP) is 1.49. The third-order valence-electron chi connectivity index (χ3n) is 4.92. The SMILES string of the molecule is CN1CCN(C(=O)c2cncc(C(=O)N3CCCCCC3)c2)CC1. The molecule has 2 aliphatic rings. The Labute approximate surface area is 143 Å². The quantitative estimate of drug-likeness (QED) is 0.824. The normalized spacial score (nSPS) is 19.9. The van der Waals surface area contributed by atoms with Gasteiger partial charge in [-0.25, -0.2) is 0 Å². The van der Waals surface area contributed by atoms with Crippen LogP contribution in [0.1, 0.15) is 46.4 Å². The molecule has 1 aromatic heterocycles. The summed E-state index contributed by atoms with van der Waals surface area (Å²) in [7, 11) is 2.06. The summed E-state index contributed by atoms with van der Waals surface area (Å²) < 4.78 is 0. The molecule has 0 radical (unpaired) electrons. The zero-order valence-electron chi connectivity index (χ0n) is 14.4. The Kier molecular flexibility index (Phi) is 5.45. The molecule has 0 spiro atoms. The molecule has 6 heteroatoms. The fourth-order valence-electron chi connectivity index (χ4n) is 3.32. The van der Waals surface area contributed by atoms with E-state index in [9.17, 15) is 9.59 Å². The van der Waals surface area contributed by atoms with Crippen molar-refractivity contribution < 1.29 is 9.59 Å². The molecular formula is C18H26N4O2. The van der Waals surface area contributed by atoms with Gasteiger partial charge in [-0.3, -0.25) is 14.6 Å². The third-order valence-corrected chi connectivity index (χ3v) is 4.92. The monoisotopic (exact) mass is 330 g/mol.